The van der Waals surface area contributed by atoms with Crippen LogP contribution in [0.2, 0.25) is 24.7 Å². The van der Waals surface area contributed by atoms with E-state index in [1.807, 2.05) is 0 Å². The van der Waals surface area contributed by atoms with Crippen molar-refractivity contribution in [3.05, 3.63) is 46.4 Å². The lowest BCUT2D eigenvalue weighted by Gasteiger charge is -2.28. The van der Waals surface area contributed by atoms with Gasteiger partial charge in [0.05, 0.1) is 5.76 Å². The van der Waals surface area contributed by atoms with Crippen LogP contribution in [-0.4, -0.2) is 8.32 Å². The zero-order chi connectivity index (χ0) is 14.0. The molecule has 1 aromatic carbocycles. The highest BCUT2D eigenvalue weighted by Gasteiger charge is 2.23. The van der Waals surface area contributed by atoms with E-state index in [-0.39, 0.29) is 5.82 Å². The summed E-state index contributed by atoms with van der Waals surface area (Å²) in [7, 11) is -1.51. The summed E-state index contributed by atoms with van der Waals surface area (Å²) in [5.74, 6) is 1.22. The first-order chi connectivity index (χ1) is 8.85. The van der Waals surface area contributed by atoms with E-state index in [1.54, 1.807) is 6.07 Å². The summed E-state index contributed by atoms with van der Waals surface area (Å²) in [5, 5.41) is 0.535. The molecule has 1 aliphatic carbocycles. The molecule has 4 heteroatoms. The lowest BCUT2D eigenvalue weighted by molar-refractivity contribution is 0.370. The Bertz CT molecular complexity index is 493. The maximum absolute atomic E-state index is 13.1. The van der Waals surface area contributed by atoms with Crippen molar-refractivity contribution in [1.82, 2.24) is 0 Å². The monoisotopic (exact) mass is 298 g/mol. The van der Waals surface area contributed by atoms with E-state index < -0.39 is 8.32 Å². The Morgan fingerprint density at radius 3 is 2.58 bits per heavy atom. The summed E-state index contributed by atoms with van der Waals surface area (Å²) in [6, 6.07) is 4.69. The van der Waals surface area contributed by atoms with Crippen molar-refractivity contribution in [3.63, 3.8) is 0 Å². The van der Waals surface area contributed by atoms with E-state index in [0.717, 1.165) is 30.6 Å². The topological polar surface area (TPSA) is 9.23 Å². The van der Waals surface area contributed by atoms with Crippen LogP contribution < -0.4 is 0 Å². The van der Waals surface area contributed by atoms with Crippen molar-refractivity contribution in [1.29, 1.82) is 0 Å². The molecule has 0 saturated carbocycles. The van der Waals surface area contributed by atoms with E-state index in [2.05, 4.69) is 25.7 Å². The van der Waals surface area contributed by atoms with Crippen LogP contribution in [0.5, 0.6) is 0 Å². The molecular weight excluding hydrogens is 279 g/mol. The molecule has 0 amide bonds. The standard InChI is InChI=1S/C15H20ClFOSi/c1-19(2,3)18-13-7-4-11(5-8-13)14-9-6-12(17)10-15(14)16/h6-7,9-11H,4-5,8H2,1-3H3. The number of hydrogen-bond acceptors (Lipinski definition) is 1. The lowest BCUT2D eigenvalue weighted by atomic mass is 9.87. The Morgan fingerprint density at radius 2 is 2.05 bits per heavy atom. The highest BCUT2D eigenvalue weighted by atomic mass is 35.5. The fourth-order valence-corrected chi connectivity index (χ4v) is 3.70. The maximum atomic E-state index is 13.1. The highest BCUT2D eigenvalue weighted by molar-refractivity contribution is 6.70. The van der Waals surface area contributed by atoms with Gasteiger partial charge in [0.25, 0.3) is 0 Å². The van der Waals surface area contributed by atoms with Crippen LogP contribution in [-0.2, 0) is 4.43 Å². The molecule has 19 heavy (non-hydrogen) atoms. The minimum atomic E-state index is -1.51. The van der Waals surface area contributed by atoms with Gasteiger partial charge in [-0.15, -0.1) is 0 Å². The third kappa shape index (κ3) is 4.08. The molecule has 0 spiro atoms. The van der Waals surface area contributed by atoms with E-state index in [1.165, 1.54) is 12.1 Å². The fraction of sp³-hybridized carbons (Fsp3) is 0.467. The molecule has 0 N–H and O–H groups in total. The molecule has 104 valence electrons. The van der Waals surface area contributed by atoms with Gasteiger partial charge in [0, 0.05) is 11.4 Å². The first-order valence-electron chi connectivity index (χ1n) is 6.68. The van der Waals surface area contributed by atoms with Gasteiger partial charge in [-0.25, -0.2) is 4.39 Å². The average molecular weight is 299 g/mol. The fourth-order valence-electron chi connectivity index (χ4n) is 2.41. The number of rotatable bonds is 3. The zero-order valence-corrected chi connectivity index (χ0v) is 13.4. The molecule has 0 saturated heterocycles. The number of benzene rings is 1. The Labute approximate surface area is 120 Å². The summed E-state index contributed by atoms with van der Waals surface area (Å²) < 4.78 is 19.1. The molecule has 2 rings (SSSR count). The molecule has 1 nitrogen and oxygen atoms in total. The molecule has 1 atom stereocenters. The average Bonchev–Trinajstić information content (AvgIpc) is 2.28. The lowest BCUT2D eigenvalue weighted by Crippen LogP contribution is -2.25. The van der Waals surface area contributed by atoms with Gasteiger partial charge in [-0.3, -0.25) is 0 Å². The SMILES string of the molecule is C[Si](C)(C)OC1=CCC(c2ccc(F)cc2Cl)CC1. The zero-order valence-electron chi connectivity index (χ0n) is 11.7. The first-order valence-corrected chi connectivity index (χ1v) is 10.5. The Morgan fingerprint density at radius 1 is 1.32 bits per heavy atom. The minimum Gasteiger partial charge on any atom is -0.548 e. The van der Waals surface area contributed by atoms with Gasteiger partial charge in [-0.05, 0) is 62.2 Å². The molecule has 1 unspecified atom stereocenters. The van der Waals surface area contributed by atoms with Crippen LogP contribution in [0.1, 0.15) is 30.7 Å². The molecular formula is C15H20ClFOSi. The van der Waals surface area contributed by atoms with Gasteiger partial charge in [0.2, 0.25) is 8.32 Å². The van der Waals surface area contributed by atoms with E-state index in [9.17, 15) is 4.39 Å². The van der Waals surface area contributed by atoms with Crippen molar-refractivity contribution < 1.29 is 8.82 Å². The summed E-state index contributed by atoms with van der Waals surface area (Å²) >= 11 is 6.12. The predicted molar refractivity (Wildman–Crippen MR) is 80.5 cm³/mol. The van der Waals surface area contributed by atoms with Crippen LogP contribution in [0.25, 0.3) is 0 Å². The van der Waals surface area contributed by atoms with Crippen molar-refractivity contribution in [3.8, 4) is 0 Å². The third-order valence-electron chi connectivity index (χ3n) is 3.21. The van der Waals surface area contributed by atoms with Crippen LogP contribution in [0.4, 0.5) is 4.39 Å². The second-order valence-corrected chi connectivity index (χ2v) is 10.9. The van der Waals surface area contributed by atoms with Crippen molar-refractivity contribution in [2.45, 2.75) is 44.8 Å². The summed E-state index contributed by atoms with van der Waals surface area (Å²) in [5.41, 5.74) is 1.05. The van der Waals surface area contributed by atoms with Gasteiger partial charge >= 0.3 is 0 Å². The van der Waals surface area contributed by atoms with E-state index in [4.69, 9.17) is 16.0 Å². The quantitative estimate of drug-likeness (QED) is 0.671. The molecule has 0 heterocycles. The molecule has 0 aliphatic heterocycles. The van der Waals surface area contributed by atoms with Crippen LogP contribution >= 0.6 is 11.6 Å². The normalized spacial score (nSPS) is 20.1. The largest absolute Gasteiger partial charge is 0.548 e. The van der Waals surface area contributed by atoms with Gasteiger partial charge in [0.1, 0.15) is 5.82 Å². The van der Waals surface area contributed by atoms with Crippen LogP contribution in [0.15, 0.2) is 30.0 Å². The minimum absolute atomic E-state index is 0.275. The molecule has 1 aliphatic rings. The summed E-state index contributed by atoms with van der Waals surface area (Å²) in [6.07, 6.45) is 5.06. The molecule has 0 radical (unpaired) electrons. The summed E-state index contributed by atoms with van der Waals surface area (Å²) in [6.45, 7) is 6.57. The molecule has 0 aromatic heterocycles. The Hall–Kier alpha value is -0.803. The van der Waals surface area contributed by atoms with Crippen LogP contribution in [0.3, 0.4) is 0 Å². The van der Waals surface area contributed by atoms with Gasteiger partial charge in [-0.1, -0.05) is 17.7 Å². The number of hydrogen-bond donors (Lipinski definition) is 0. The second kappa shape index (κ2) is 5.67. The molecule has 0 bridgehead atoms. The van der Waals surface area contributed by atoms with Crippen molar-refractivity contribution in [2.24, 2.45) is 0 Å². The second-order valence-electron chi connectivity index (χ2n) is 6.02. The number of allylic oxidation sites excluding steroid dienone is 2. The van der Waals surface area contributed by atoms with E-state index in [0.29, 0.717) is 10.9 Å². The van der Waals surface area contributed by atoms with Gasteiger partial charge in [-0.2, -0.15) is 0 Å². The van der Waals surface area contributed by atoms with Crippen molar-refractivity contribution >= 4 is 19.9 Å². The van der Waals surface area contributed by atoms with Gasteiger partial charge in [0.15, 0.2) is 0 Å². The third-order valence-corrected chi connectivity index (χ3v) is 4.41. The smallest absolute Gasteiger partial charge is 0.241 e. The molecule has 1 aromatic rings. The van der Waals surface area contributed by atoms with E-state index >= 15 is 0 Å². The van der Waals surface area contributed by atoms with Gasteiger partial charge < -0.3 is 4.43 Å². The first kappa shape index (κ1) is 14.6. The summed E-state index contributed by atoms with van der Waals surface area (Å²) in [4.78, 5) is 0. The Balaban J connectivity index is 2.07. The maximum Gasteiger partial charge on any atom is 0.241 e. The van der Waals surface area contributed by atoms with Crippen molar-refractivity contribution in [2.75, 3.05) is 0 Å². The molecule has 0 fully saturated rings. The highest BCUT2D eigenvalue weighted by Crippen LogP contribution is 2.36. The number of halogens is 2. The van der Waals surface area contributed by atoms with Crippen LogP contribution in [0, 0.1) is 5.82 Å². The Kier molecular flexibility index (Phi) is 4.36. The predicted octanol–water partition coefficient (Wildman–Crippen LogP) is 5.48.